The minimum atomic E-state index is -0.0142. The van der Waals surface area contributed by atoms with Crippen LogP contribution in [0.25, 0.3) is 0 Å². The van der Waals surface area contributed by atoms with Crippen molar-refractivity contribution in [2.45, 2.75) is 13.3 Å². The lowest BCUT2D eigenvalue weighted by atomic mass is 9.93. The Morgan fingerprint density at radius 1 is 1.37 bits per heavy atom. The van der Waals surface area contributed by atoms with Crippen LogP contribution in [0.4, 0.5) is 5.69 Å². The third-order valence-corrected chi connectivity index (χ3v) is 4.05. The number of nitrogens with zero attached hydrogens (tertiary/aromatic N) is 1. The number of hydrogen-bond acceptors (Lipinski definition) is 2. The third-order valence-electron chi connectivity index (χ3n) is 3.44. The molecule has 0 spiro atoms. The van der Waals surface area contributed by atoms with E-state index in [4.69, 9.17) is 4.42 Å². The van der Waals surface area contributed by atoms with Crippen molar-refractivity contribution in [3.63, 3.8) is 0 Å². The summed E-state index contributed by atoms with van der Waals surface area (Å²) in [7, 11) is 0. The zero-order valence-electron chi connectivity index (χ0n) is 10.6. The number of rotatable bonds is 1. The van der Waals surface area contributed by atoms with Gasteiger partial charge in [-0.25, -0.2) is 0 Å². The van der Waals surface area contributed by atoms with Gasteiger partial charge in [0.05, 0.1) is 11.8 Å². The molecule has 1 atom stereocenters. The van der Waals surface area contributed by atoms with Gasteiger partial charge >= 0.3 is 0 Å². The average Bonchev–Trinajstić information content (AvgIpc) is 2.83. The Labute approximate surface area is 120 Å². The van der Waals surface area contributed by atoms with E-state index in [2.05, 4.69) is 28.9 Å². The maximum absolute atomic E-state index is 12.6. The van der Waals surface area contributed by atoms with Crippen molar-refractivity contribution >= 4 is 27.5 Å². The molecule has 2 aromatic rings. The number of furan rings is 1. The minimum Gasteiger partial charge on any atom is -0.457 e. The normalized spacial score (nSPS) is 18.2. The summed E-state index contributed by atoms with van der Waals surface area (Å²) >= 11 is 3.27. The maximum Gasteiger partial charge on any atom is 0.262 e. The van der Waals surface area contributed by atoms with Gasteiger partial charge in [-0.15, -0.1) is 0 Å². The summed E-state index contributed by atoms with van der Waals surface area (Å²) in [6, 6.07) is 9.80. The van der Waals surface area contributed by atoms with Crippen LogP contribution in [0.3, 0.4) is 0 Å². The Bertz CT molecular complexity index is 620. The summed E-state index contributed by atoms with van der Waals surface area (Å²) in [5, 5.41) is 0. The molecule has 19 heavy (non-hydrogen) atoms. The number of para-hydroxylation sites is 1. The molecule has 0 radical (unpaired) electrons. The van der Waals surface area contributed by atoms with Crippen molar-refractivity contribution in [3.8, 4) is 0 Å². The lowest BCUT2D eigenvalue weighted by Gasteiger charge is -2.33. The second kappa shape index (κ2) is 4.85. The van der Waals surface area contributed by atoms with Crippen molar-refractivity contribution in [3.05, 3.63) is 52.4 Å². The fourth-order valence-electron chi connectivity index (χ4n) is 2.58. The molecule has 0 saturated heterocycles. The van der Waals surface area contributed by atoms with Gasteiger partial charge in [0.1, 0.15) is 0 Å². The van der Waals surface area contributed by atoms with E-state index in [1.807, 2.05) is 23.1 Å². The quantitative estimate of drug-likeness (QED) is 0.799. The van der Waals surface area contributed by atoms with Crippen molar-refractivity contribution in [2.75, 3.05) is 11.4 Å². The highest BCUT2D eigenvalue weighted by Crippen LogP contribution is 2.31. The van der Waals surface area contributed by atoms with Gasteiger partial charge in [-0.05, 0) is 46.0 Å². The van der Waals surface area contributed by atoms with E-state index in [0.29, 0.717) is 16.2 Å². The van der Waals surface area contributed by atoms with Crippen molar-refractivity contribution in [2.24, 2.45) is 5.92 Å². The number of amides is 1. The summed E-state index contributed by atoms with van der Waals surface area (Å²) in [5.74, 6) is 0.448. The van der Waals surface area contributed by atoms with Crippen molar-refractivity contribution < 1.29 is 9.21 Å². The summed E-state index contributed by atoms with van der Waals surface area (Å²) < 4.78 is 5.65. The van der Waals surface area contributed by atoms with E-state index in [-0.39, 0.29) is 5.91 Å². The number of benzene rings is 1. The molecule has 3 nitrogen and oxygen atoms in total. The Morgan fingerprint density at radius 3 is 2.89 bits per heavy atom. The van der Waals surface area contributed by atoms with Crippen LogP contribution in [0, 0.1) is 5.92 Å². The topological polar surface area (TPSA) is 33.5 Å². The molecule has 2 heterocycles. The number of anilines is 1. The molecule has 1 aromatic heterocycles. The zero-order valence-corrected chi connectivity index (χ0v) is 12.2. The van der Waals surface area contributed by atoms with E-state index in [9.17, 15) is 4.79 Å². The number of fused-ring (bicyclic) bond motifs is 1. The average molecular weight is 320 g/mol. The molecule has 0 bridgehead atoms. The van der Waals surface area contributed by atoms with Gasteiger partial charge in [-0.3, -0.25) is 4.79 Å². The van der Waals surface area contributed by atoms with E-state index in [1.54, 1.807) is 6.07 Å². The second-order valence-corrected chi connectivity index (χ2v) is 5.68. The first-order valence-electron chi connectivity index (χ1n) is 6.29. The van der Waals surface area contributed by atoms with E-state index < -0.39 is 0 Å². The highest BCUT2D eigenvalue weighted by molar-refractivity contribution is 9.10. The van der Waals surface area contributed by atoms with Crippen molar-refractivity contribution in [1.82, 2.24) is 0 Å². The standard InChI is InChI=1S/C15H14BrNO2/c1-10-8-11-4-2-3-5-13(11)17(9-10)15(18)12-6-7-19-14(12)16/h2-7,10H,8-9H2,1H3. The molecule has 0 fully saturated rings. The lowest BCUT2D eigenvalue weighted by molar-refractivity contribution is 0.0979. The highest BCUT2D eigenvalue weighted by Gasteiger charge is 2.28. The van der Waals surface area contributed by atoms with Gasteiger partial charge in [0.25, 0.3) is 5.91 Å². The fourth-order valence-corrected chi connectivity index (χ4v) is 2.99. The molecular weight excluding hydrogens is 306 g/mol. The van der Waals surface area contributed by atoms with Crippen LogP contribution in [-0.2, 0) is 6.42 Å². The number of halogens is 1. The SMILES string of the molecule is CC1Cc2ccccc2N(C(=O)c2ccoc2Br)C1. The summed E-state index contributed by atoms with van der Waals surface area (Å²) in [6.07, 6.45) is 2.54. The van der Waals surface area contributed by atoms with E-state index >= 15 is 0 Å². The molecule has 1 aliphatic heterocycles. The maximum atomic E-state index is 12.6. The van der Waals surface area contributed by atoms with Gasteiger partial charge in [-0.1, -0.05) is 25.1 Å². The minimum absolute atomic E-state index is 0.0142. The van der Waals surface area contributed by atoms with Crippen LogP contribution in [0.2, 0.25) is 0 Å². The highest BCUT2D eigenvalue weighted by atomic mass is 79.9. The van der Waals surface area contributed by atoms with Gasteiger partial charge in [0.15, 0.2) is 4.67 Å². The van der Waals surface area contributed by atoms with E-state index in [0.717, 1.165) is 18.7 Å². The number of hydrogen-bond donors (Lipinski definition) is 0. The molecule has 0 N–H and O–H groups in total. The predicted octanol–water partition coefficient (Wildman–Crippen LogP) is 3.88. The Morgan fingerprint density at radius 2 is 2.16 bits per heavy atom. The van der Waals surface area contributed by atoms with Gasteiger partial charge in [0, 0.05) is 12.2 Å². The smallest absolute Gasteiger partial charge is 0.262 e. The van der Waals surface area contributed by atoms with E-state index in [1.165, 1.54) is 11.8 Å². The monoisotopic (exact) mass is 319 g/mol. The Hall–Kier alpha value is -1.55. The van der Waals surface area contributed by atoms with Gasteiger partial charge in [-0.2, -0.15) is 0 Å². The summed E-state index contributed by atoms with van der Waals surface area (Å²) in [5.41, 5.74) is 2.82. The fraction of sp³-hybridized carbons (Fsp3) is 0.267. The Balaban J connectivity index is 2.02. The lowest BCUT2D eigenvalue weighted by Crippen LogP contribution is -2.39. The van der Waals surface area contributed by atoms with Gasteiger partial charge in [0.2, 0.25) is 0 Å². The van der Waals surface area contributed by atoms with Crippen LogP contribution in [-0.4, -0.2) is 12.5 Å². The zero-order chi connectivity index (χ0) is 13.4. The van der Waals surface area contributed by atoms with Crippen LogP contribution >= 0.6 is 15.9 Å². The first-order chi connectivity index (χ1) is 9.16. The second-order valence-electron chi connectivity index (χ2n) is 4.96. The molecule has 0 aliphatic carbocycles. The van der Waals surface area contributed by atoms with Crippen molar-refractivity contribution in [1.29, 1.82) is 0 Å². The number of carbonyl (C=O) groups excluding carboxylic acids is 1. The molecule has 98 valence electrons. The molecule has 1 aromatic carbocycles. The van der Waals surface area contributed by atoms with Crippen LogP contribution in [0.5, 0.6) is 0 Å². The first kappa shape index (κ1) is 12.5. The molecule has 3 rings (SSSR count). The Kier molecular flexibility index (Phi) is 3.19. The largest absolute Gasteiger partial charge is 0.457 e. The number of carbonyl (C=O) groups is 1. The molecular formula is C15H14BrNO2. The first-order valence-corrected chi connectivity index (χ1v) is 7.09. The van der Waals surface area contributed by atoms with Gasteiger partial charge < -0.3 is 9.32 Å². The molecule has 4 heteroatoms. The molecule has 1 aliphatic rings. The van der Waals surface area contributed by atoms with Crippen LogP contribution in [0.15, 0.2) is 45.7 Å². The third kappa shape index (κ3) is 2.21. The molecule has 1 unspecified atom stereocenters. The predicted molar refractivity (Wildman–Crippen MR) is 77.4 cm³/mol. The summed E-state index contributed by atoms with van der Waals surface area (Å²) in [6.45, 7) is 2.91. The molecule has 1 amide bonds. The summed E-state index contributed by atoms with van der Waals surface area (Å²) in [4.78, 5) is 14.5. The van der Waals surface area contributed by atoms with Crippen LogP contribution < -0.4 is 4.90 Å². The van der Waals surface area contributed by atoms with Crippen LogP contribution in [0.1, 0.15) is 22.8 Å². The molecule has 0 saturated carbocycles.